The van der Waals surface area contributed by atoms with E-state index in [0.717, 1.165) is 29.7 Å². The average molecular weight is 432 g/mol. The first-order valence-electron chi connectivity index (χ1n) is 10.2. The summed E-state index contributed by atoms with van der Waals surface area (Å²) in [6.45, 7) is 2.36. The zero-order valence-corrected chi connectivity index (χ0v) is 17.9. The fourth-order valence-corrected chi connectivity index (χ4v) is 5.10. The SMILES string of the molecule is Cc1ccccc1-n1c(=O)c2sccc2n(CC(=O)N2CCCc3ccccc32)c1=O. The third kappa shape index (κ3) is 3.21. The molecule has 2 aromatic heterocycles. The number of para-hydroxylation sites is 2. The van der Waals surface area contributed by atoms with Gasteiger partial charge in [0, 0.05) is 12.2 Å². The lowest BCUT2D eigenvalue weighted by Gasteiger charge is -2.29. The number of hydrogen-bond donors (Lipinski definition) is 0. The van der Waals surface area contributed by atoms with E-state index in [2.05, 4.69) is 0 Å². The van der Waals surface area contributed by atoms with Crippen LogP contribution >= 0.6 is 11.3 Å². The van der Waals surface area contributed by atoms with E-state index in [4.69, 9.17) is 0 Å². The van der Waals surface area contributed by atoms with Crippen LogP contribution in [-0.2, 0) is 17.8 Å². The lowest BCUT2D eigenvalue weighted by molar-refractivity contribution is -0.119. The molecule has 7 heteroatoms. The summed E-state index contributed by atoms with van der Waals surface area (Å²) in [5.41, 5.74) is 3.06. The normalized spacial score (nSPS) is 13.4. The van der Waals surface area contributed by atoms with E-state index < -0.39 is 5.69 Å². The van der Waals surface area contributed by atoms with E-state index in [9.17, 15) is 14.4 Å². The summed E-state index contributed by atoms with van der Waals surface area (Å²) in [6.07, 6.45) is 1.82. The number of aryl methyl sites for hydroxylation is 2. The maximum Gasteiger partial charge on any atom is 0.336 e. The molecule has 31 heavy (non-hydrogen) atoms. The van der Waals surface area contributed by atoms with Crippen molar-refractivity contribution in [2.75, 3.05) is 11.4 Å². The van der Waals surface area contributed by atoms with Crippen LogP contribution < -0.4 is 16.1 Å². The molecule has 5 rings (SSSR count). The second-order valence-electron chi connectivity index (χ2n) is 7.71. The standard InChI is InChI=1S/C24H21N3O3S/c1-16-7-2-4-10-18(16)27-23(29)22-20(12-14-31-22)26(24(27)30)15-21(28)25-13-6-9-17-8-3-5-11-19(17)25/h2-5,7-8,10-12,14H,6,9,13,15H2,1H3. The van der Waals surface area contributed by atoms with Gasteiger partial charge in [-0.2, -0.15) is 0 Å². The Balaban J connectivity index is 1.64. The van der Waals surface area contributed by atoms with Crippen LogP contribution in [0.25, 0.3) is 15.9 Å². The zero-order chi connectivity index (χ0) is 21.5. The van der Waals surface area contributed by atoms with Crippen LogP contribution in [-0.4, -0.2) is 21.6 Å². The van der Waals surface area contributed by atoms with E-state index in [1.54, 1.807) is 28.5 Å². The minimum absolute atomic E-state index is 0.118. The summed E-state index contributed by atoms with van der Waals surface area (Å²) in [4.78, 5) is 41.7. The van der Waals surface area contributed by atoms with Crippen molar-refractivity contribution >= 4 is 33.1 Å². The zero-order valence-electron chi connectivity index (χ0n) is 17.1. The van der Waals surface area contributed by atoms with Crippen LogP contribution in [0.2, 0.25) is 0 Å². The van der Waals surface area contributed by atoms with Gasteiger partial charge in [0.2, 0.25) is 5.91 Å². The number of benzene rings is 2. The van der Waals surface area contributed by atoms with Crippen molar-refractivity contribution in [3.63, 3.8) is 0 Å². The van der Waals surface area contributed by atoms with Gasteiger partial charge in [-0.25, -0.2) is 9.36 Å². The van der Waals surface area contributed by atoms with Gasteiger partial charge >= 0.3 is 5.69 Å². The van der Waals surface area contributed by atoms with Crippen molar-refractivity contribution in [1.29, 1.82) is 0 Å². The van der Waals surface area contributed by atoms with Crippen LogP contribution in [0.5, 0.6) is 0 Å². The van der Waals surface area contributed by atoms with Gasteiger partial charge in [0.1, 0.15) is 11.2 Å². The Morgan fingerprint density at radius 3 is 2.55 bits per heavy atom. The number of carbonyl (C=O) groups is 1. The molecule has 0 saturated carbocycles. The minimum Gasteiger partial charge on any atom is -0.311 e. The molecule has 0 radical (unpaired) electrons. The molecule has 0 unspecified atom stereocenters. The molecule has 2 aromatic carbocycles. The maximum atomic E-state index is 13.5. The first kappa shape index (κ1) is 19.5. The lowest BCUT2D eigenvalue weighted by Crippen LogP contribution is -2.43. The third-order valence-electron chi connectivity index (χ3n) is 5.82. The molecule has 156 valence electrons. The number of hydrogen-bond acceptors (Lipinski definition) is 4. The monoisotopic (exact) mass is 431 g/mol. The molecule has 0 atom stereocenters. The van der Waals surface area contributed by atoms with Crippen LogP contribution in [0.15, 0.2) is 69.6 Å². The van der Waals surface area contributed by atoms with E-state index in [0.29, 0.717) is 22.4 Å². The van der Waals surface area contributed by atoms with Gasteiger partial charge in [-0.15, -0.1) is 11.3 Å². The third-order valence-corrected chi connectivity index (χ3v) is 6.71. The van der Waals surface area contributed by atoms with E-state index in [-0.39, 0.29) is 18.0 Å². The fourth-order valence-electron chi connectivity index (χ4n) is 4.28. The fraction of sp³-hybridized carbons (Fsp3) is 0.208. The van der Waals surface area contributed by atoms with Crippen LogP contribution in [0, 0.1) is 6.92 Å². The van der Waals surface area contributed by atoms with Crippen molar-refractivity contribution in [2.45, 2.75) is 26.3 Å². The average Bonchev–Trinajstić information content (AvgIpc) is 3.27. The highest BCUT2D eigenvalue weighted by Gasteiger charge is 2.24. The van der Waals surface area contributed by atoms with Gasteiger partial charge < -0.3 is 4.90 Å². The van der Waals surface area contributed by atoms with Crippen molar-refractivity contribution in [1.82, 2.24) is 9.13 Å². The second kappa shape index (κ2) is 7.67. The van der Waals surface area contributed by atoms with Crippen LogP contribution in [0.1, 0.15) is 17.5 Å². The molecule has 0 saturated heterocycles. The molecule has 4 aromatic rings. The predicted octanol–water partition coefficient (Wildman–Crippen LogP) is 3.50. The Kier molecular flexibility index (Phi) is 4.82. The van der Waals surface area contributed by atoms with Gasteiger partial charge in [-0.3, -0.25) is 14.2 Å². The Morgan fingerprint density at radius 1 is 1.00 bits per heavy atom. The number of amides is 1. The van der Waals surface area contributed by atoms with Crippen LogP contribution in [0.4, 0.5) is 5.69 Å². The molecular weight excluding hydrogens is 410 g/mol. The molecule has 0 spiro atoms. The lowest BCUT2D eigenvalue weighted by atomic mass is 10.0. The Labute approximate surface area is 182 Å². The highest BCUT2D eigenvalue weighted by atomic mass is 32.1. The molecule has 0 fully saturated rings. The molecule has 1 aliphatic heterocycles. The number of thiophene rings is 1. The number of nitrogens with zero attached hydrogens (tertiary/aromatic N) is 3. The number of anilines is 1. The van der Waals surface area contributed by atoms with E-state index in [1.165, 1.54) is 20.5 Å². The Bertz CT molecular complexity index is 1430. The van der Waals surface area contributed by atoms with Gasteiger partial charge in [0.15, 0.2) is 0 Å². The van der Waals surface area contributed by atoms with E-state index >= 15 is 0 Å². The first-order valence-corrected chi connectivity index (χ1v) is 11.1. The largest absolute Gasteiger partial charge is 0.336 e. The predicted molar refractivity (Wildman–Crippen MR) is 124 cm³/mol. The van der Waals surface area contributed by atoms with E-state index in [1.807, 2.05) is 43.3 Å². The summed E-state index contributed by atoms with van der Waals surface area (Å²) in [7, 11) is 0. The van der Waals surface area contributed by atoms with Gasteiger partial charge in [-0.05, 0) is 54.5 Å². The van der Waals surface area contributed by atoms with Crippen LogP contribution in [0.3, 0.4) is 0 Å². The van der Waals surface area contributed by atoms with Crippen molar-refractivity contribution in [3.8, 4) is 5.69 Å². The molecule has 1 aliphatic rings. The highest BCUT2D eigenvalue weighted by Crippen LogP contribution is 2.27. The number of carbonyl (C=O) groups excluding carboxylic acids is 1. The van der Waals surface area contributed by atoms with Crippen molar-refractivity contribution in [2.24, 2.45) is 0 Å². The molecule has 3 heterocycles. The van der Waals surface area contributed by atoms with Crippen molar-refractivity contribution in [3.05, 3.63) is 91.9 Å². The number of aromatic nitrogens is 2. The summed E-state index contributed by atoms with van der Waals surface area (Å²) in [6, 6.07) is 16.9. The minimum atomic E-state index is -0.496. The van der Waals surface area contributed by atoms with Gasteiger partial charge in [0.05, 0.1) is 11.2 Å². The number of fused-ring (bicyclic) bond motifs is 2. The molecule has 6 nitrogen and oxygen atoms in total. The quantitative estimate of drug-likeness (QED) is 0.499. The second-order valence-corrected chi connectivity index (χ2v) is 8.62. The summed E-state index contributed by atoms with van der Waals surface area (Å²) >= 11 is 1.28. The van der Waals surface area contributed by atoms with Crippen molar-refractivity contribution < 1.29 is 4.79 Å². The smallest absolute Gasteiger partial charge is 0.311 e. The molecule has 0 N–H and O–H groups in total. The Hall–Kier alpha value is -3.45. The molecule has 0 bridgehead atoms. The van der Waals surface area contributed by atoms with Gasteiger partial charge in [0.25, 0.3) is 5.56 Å². The summed E-state index contributed by atoms with van der Waals surface area (Å²) < 4.78 is 3.08. The topological polar surface area (TPSA) is 64.3 Å². The van der Waals surface area contributed by atoms with Gasteiger partial charge in [-0.1, -0.05) is 36.4 Å². The highest BCUT2D eigenvalue weighted by molar-refractivity contribution is 7.17. The summed E-state index contributed by atoms with van der Waals surface area (Å²) in [5, 5.41) is 1.78. The first-order chi connectivity index (χ1) is 15.1. The molecular formula is C24H21N3O3S. The Morgan fingerprint density at radius 2 is 1.74 bits per heavy atom. The summed E-state index contributed by atoms with van der Waals surface area (Å²) in [5.74, 6) is -0.156. The maximum absolute atomic E-state index is 13.5. The number of rotatable bonds is 3. The molecule has 1 amide bonds. The molecule has 0 aliphatic carbocycles.